The summed E-state index contributed by atoms with van der Waals surface area (Å²) in [5, 5.41) is 16.8. The maximum absolute atomic E-state index is 13.3. The maximum atomic E-state index is 13.3. The molecule has 0 bridgehead atoms. The lowest BCUT2D eigenvalue weighted by Crippen LogP contribution is -2.30. The Morgan fingerprint density at radius 2 is 1.17 bits per heavy atom. The molecular weight excluding hydrogens is 821 g/mol. The van der Waals surface area contributed by atoms with Gasteiger partial charge in [0.2, 0.25) is 6.29 Å². The predicted octanol–water partition coefficient (Wildman–Crippen LogP) is 8.14. The minimum absolute atomic E-state index is 0.0352. The van der Waals surface area contributed by atoms with E-state index in [1.54, 1.807) is 75.8 Å². The van der Waals surface area contributed by atoms with Gasteiger partial charge in [0.25, 0.3) is 11.1 Å². The van der Waals surface area contributed by atoms with Crippen molar-refractivity contribution in [3.63, 3.8) is 0 Å². The average Bonchev–Trinajstić information content (AvgIpc) is 3.31. The van der Waals surface area contributed by atoms with Crippen LogP contribution in [-0.2, 0) is 32.0 Å². The molecule has 0 saturated heterocycles. The molecule has 0 amide bonds. The first-order valence-corrected chi connectivity index (χ1v) is 20.5. The normalized spacial score (nSPS) is 11.1. The van der Waals surface area contributed by atoms with Gasteiger partial charge < -0.3 is 29.6 Å². The molecule has 2 N–H and O–H groups in total. The smallest absolute Gasteiger partial charge is 0.462 e. The minimum atomic E-state index is -1.26. The van der Waals surface area contributed by atoms with Crippen LogP contribution in [0, 0.1) is 0 Å². The standard InChI is InChI=1S/C24H22N4O3.C23H24N4O6/c1-3-28-23(29)22(26-19-15-25-14-17-12-8-9-13-18(17)19)20(24(30)31-4-2)21(27-28)16-10-6-5-7-11-16;1-4-27-21(28)20(25-17-12-9-13-24-14-17)18(19(26-27)16-10-7-6-8-11-16)22(29)32-15(3)33-23(30)31-5-2/h5-15,26H,3-4H2,1-2H3;6-15,25H,4-5H2,1-3H3. The first kappa shape index (κ1) is 45.3. The number of nitrogens with zero attached hydrogens (tertiary/aromatic N) is 6. The Morgan fingerprint density at radius 3 is 1.73 bits per heavy atom. The Kier molecular flexibility index (Phi) is 15.3. The number of benzene rings is 3. The maximum Gasteiger partial charge on any atom is 0.511 e. The van der Waals surface area contributed by atoms with Crippen molar-refractivity contribution in [3.05, 3.63) is 154 Å². The van der Waals surface area contributed by atoms with Gasteiger partial charge >= 0.3 is 18.1 Å². The van der Waals surface area contributed by atoms with Crippen molar-refractivity contribution in [2.75, 3.05) is 23.8 Å². The fraction of sp³-hybridized carbons (Fsp3) is 0.213. The van der Waals surface area contributed by atoms with Crippen LogP contribution in [0.3, 0.4) is 0 Å². The number of carbonyl (C=O) groups is 3. The topological polar surface area (TPSA) is 208 Å². The van der Waals surface area contributed by atoms with E-state index < -0.39 is 35.5 Å². The number of nitrogens with one attached hydrogen (secondary N) is 2. The number of fused-ring (bicyclic) bond motifs is 1. The van der Waals surface area contributed by atoms with Crippen molar-refractivity contribution in [3.8, 4) is 22.5 Å². The van der Waals surface area contributed by atoms with Gasteiger partial charge in [0.05, 0.1) is 37.0 Å². The van der Waals surface area contributed by atoms with Crippen LogP contribution in [0.1, 0.15) is 55.3 Å². The molecule has 7 aromatic rings. The van der Waals surface area contributed by atoms with E-state index in [4.69, 9.17) is 18.9 Å². The van der Waals surface area contributed by atoms with E-state index in [0.717, 1.165) is 10.8 Å². The number of hydrogen-bond acceptors (Lipinski definition) is 15. The Morgan fingerprint density at radius 1 is 0.609 bits per heavy atom. The minimum Gasteiger partial charge on any atom is -0.462 e. The van der Waals surface area contributed by atoms with Crippen LogP contribution in [0.4, 0.5) is 27.5 Å². The lowest BCUT2D eigenvalue weighted by atomic mass is 10.0. The highest BCUT2D eigenvalue weighted by Crippen LogP contribution is 2.31. The van der Waals surface area contributed by atoms with Crippen molar-refractivity contribution in [1.29, 1.82) is 0 Å². The molecule has 4 aromatic heterocycles. The van der Waals surface area contributed by atoms with E-state index in [-0.39, 0.29) is 48.0 Å². The van der Waals surface area contributed by atoms with E-state index in [0.29, 0.717) is 34.7 Å². The monoisotopic (exact) mass is 866 g/mol. The molecule has 0 saturated carbocycles. The second-order valence-corrected chi connectivity index (χ2v) is 13.6. The fourth-order valence-electron chi connectivity index (χ4n) is 6.45. The van der Waals surface area contributed by atoms with Crippen molar-refractivity contribution in [1.82, 2.24) is 29.5 Å². The summed E-state index contributed by atoms with van der Waals surface area (Å²) in [6.45, 7) is 9.22. The van der Waals surface area contributed by atoms with Gasteiger partial charge in [0, 0.05) is 54.3 Å². The quantitative estimate of drug-likeness (QED) is 0.0601. The van der Waals surface area contributed by atoms with Crippen molar-refractivity contribution in [2.45, 2.75) is 54.0 Å². The molecule has 0 aliphatic heterocycles. The lowest BCUT2D eigenvalue weighted by Gasteiger charge is -2.19. The summed E-state index contributed by atoms with van der Waals surface area (Å²) in [5.74, 6) is -1.50. The van der Waals surface area contributed by atoms with Gasteiger partial charge in [0.15, 0.2) is 0 Å². The number of rotatable bonds is 14. The van der Waals surface area contributed by atoms with Crippen LogP contribution in [0.2, 0.25) is 0 Å². The van der Waals surface area contributed by atoms with Gasteiger partial charge in [0.1, 0.15) is 33.9 Å². The van der Waals surface area contributed by atoms with Gasteiger partial charge in [-0.25, -0.2) is 23.7 Å². The molecule has 64 heavy (non-hydrogen) atoms. The number of aromatic nitrogens is 6. The van der Waals surface area contributed by atoms with Crippen LogP contribution in [0.15, 0.2) is 131 Å². The number of pyridine rings is 2. The SMILES string of the molecule is CCOC(=O)OC(C)OC(=O)c1c(-c2ccccc2)nn(CC)c(=O)c1Nc1cccnc1.CCOC(=O)c1c(-c2ccccc2)nn(CC)c(=O)c1Nc1cncc2ccccc12. The first-order chi connectivity index (χ1) is 31.1. The molecule has 3 aromatic carbocycles. The zero-order valence-electron chi connectivity index (χ0n) is 35.8. The average molecular weight is 867 g/mol. The van der Waals surface area contributed by atoms with E-state index in [9.17, 15) is 24.0 Å². The van der Waals surface area contributed by atoms with Crippen molar-refractivity contribution < 1.29 is 33.3 Å². The molecule has 0 fully saturated rings. The van der Waals surface area contributed by atoms with Crippen LogP contribution in [0.5, 0.6) is 0 Å². The van der Waals surface area contributed by atoms with Crippen LogP contribution >= 0.6 is 0 Å². The molecule has 4 heterocycles. The van der Waals surface area contributed by atoms with Gasteiger partial charge in [-0.3, -0.25) is 19.6 Å². The summed E-state index contributed by atoms with van der Waals surface area (Å²) in [6.07, 6.45) is 4.24. The Bertz CT molecular complexity index is 2850. The third-order valence-electron chi connectivity index (χ3n) is 9.34. The Labute approximate surface area is 367 Å². The molecule has 0 aliphatic rings. The molecule has 17 heteroatoms. The summed E-state index contributed by atoms with van der Waals surface area (Å²) in [4.78, 5) is 72.6. The molecule has 7 rings (SSSR count). The van der Waals surface area contributed by atoms with Crippen molar-refractivity contribution >= 4 is 51.6 Å². The molecule has 17 nitrogen and oxygen atoms in total. The molecule has 0 spiro atoms. The second-order valence-electron chi connectivity index (χ2n) is 13.6. The molecule has 0 aliphatic carbocycles. The van der Waals surface area contributed by atoms with Crippen LogP contribution in [0.25, 0.3) is 33.3 Å². The molecule has 1 atom stereocenters. The summed E-state index contributed by atoms with van der Waals surface area (Å²) in [7, 11) is 0. The van der Waals surface area contributed by atoms with Crippen molar-refractivity contribution in [2.24, 2.45) is 0 Å². The highest BCUT2D eigenvalue weighted by molar-refractivity contribution is 6.04. The number of carbonyl (C=O) groups excluding carboxylic acids is 3. The predicted molar refractivity (Wildman–Crippen MR) is 241 cm³/mol. The van der Waals surface area contributed by atoms with E-state index >= 15 is 0 Å². The number of aryl methyl sites for hydroxylation is 2. The fourth-order valence-corrected chi connectivity index (χ4v) is 6.45. The lowest BCUT2D eigenvalue weighted by molar-refractivity contribution is -0.0810. The van der Waals surface area contributed by atoms with Gasteiger partial charge in [-0.05, 0) is 39.8 Å². The highest BCUT2D eigenvalue weighted by atomic mass is 16.8. The molecule has 328 valence electrons. The summed E-state index contributed by atoms with van der Waals surface area (Å²) >= 11 is 0. The number of esters is 2. The number of anilines is 4. The Hall–Kier alpha value is -8.21. The first-order valence-electron chi connectivity index (χ1n) is 20.5. The number of ether oxygens (including phenoxy) is 4. The third-order valence-corrected chi connectivity index (χ3v) is 9.34. The molecule has 0 radical (unpaired) electrons. The van der Waals surface area contributed by atoms with E-state index in [1.165, 1.54) is 22.5 Å². The zero-order chi connectivity index (χ0) is 45.6. The Balaban J connectivity index is 0.000000213. The molecular formula is C47H46N8O9. The van der Waals surface area contributed by atoms with E-state index in [1.807, 2.05) is 67.6 Å². The summed E-state index contributed by atoms with van der Waals surface area (Å²) < 4.78 is 22.8. The summed E-state index contributed by atoms with van der Waals surface area (Å²) in [6, 6.07) is 29.3. The second kappa shape index (κ2) is 21.5. The van der Waals surface area contributed by atoms with E-state index in [2.05, 4.69) is 30.8 Å². The summed E-state index contributed by atoms with van der Waals surface area (Å²) in [5.41, 5.74) is 2.21. The number of hydrogen-bond donors (Lipinski definition) is 2. The van der Waals surface area contributed by atoms with Crippen LogP contribution in [-0.4, -0.2) is 67.1 Å². The van der Waals surface area contributed by atoms with Gasteiger partial charge in [-0.15, -0.1) is 0 Å². The van der Waals surface area contributed by atoms with Crippen LogP contribution < -0.4 is 21.8 Å². The largest absolute Gasteiger partial charge is 0.511 e. The van der Waals surface area contributed by atoms with Gasteiger partial charge in [-0.2, -0.15) is 10.2 Å². The molecule has 1 unspecified atom stereocenters. The zero-order valence-corrected chi connectivity index (χ0v) is 35.8. The third kappa shape index (κ3) is 10.6. The van der Waals surface area contributed by atoms with Gasteiger partial charge in [-0.1, -0.05) is 84.9 Å². The highest BCUT2D eigenvalue weighted by Gasteiger charge is 2.29.